The molecule has 1 N–H and O–H groups in total. The average Bonchev–Trinajstić information content (AvgIpc) is 2.90. The maximum absolute atomic E-state index is 13.4. The summed E-state index contributed by atoms with van der Waals surface area (Å²) in [6.45, 7) is 3.61. The number of rotatable bonds is 9. The highest BCUT2D eigenvalue weighted by Crippen LogP contribution is 2.25. The zero-order valence-electron chi connectivity index (χ0n) is 20.8. The van der Waals surface area contributed by atoms with Gasteiger partial charge in [-0.1, -0.05) is 30.9 Å². The summed E-state index contributed by atoms with van der Waals surface area (Å²) >= 11 is 5.96. The van der Waals surface area contributed by atoms with E-state index >= 15 is 0 Å². The van der Waals surface area contributed by atoms with Gasteiger partial charge in [0, 0.05) is 44.0 Å². The number of ether oxygens (including phenoxy) is 2. The third-order valence-corrected chi connectivity index (χ3v) is 7.08. The van der Waals surface area contributed by atoms with Gasteiger partial charge < -0.3 is 24.6 Å². The zero-order chi connectivity index (χ0) is 25.3. The molecule has 2 heterocycles. The lowest BCUT2D eigenvalue weighted by atomic mass is 9.90. The maximum atomic E-state index is 13.4. The predicted molar refractivity (Wildman–Crippen MR) is 138 cm³/mol. The van der Waals surface area contributed by atoms with Crippen LogP contribution in [0.3, 0.4) is 0 Å². The third kappa shape index (κ3) is 7.41. The van der Waals surface area contributed by atoms with Crippen LogP contribution in [0.2, 0.25) is 5.02 Å². The van der Waals surface area contributed by atoms with Crippen LogP contribution < -0.4 is 10.1 Å². The fraction of sp³-hybridized carbons (Fsp3) is 0.519. The average molecular weight is 515 g/mol. The van der Waals surface area contributed by atoms with Crippen molar-refractivity contribution >= 4 is 23.4 Å². The van der Waals surface area contributed by atoms with Crippen LogP contribution >= 0.6 is 11.6 Å². The van der Waals surface area contributed by atoms with E-state index in [1.165, 1.54) is 19.3 Å². The Morgan fingerprint density at radius 2 is 1.81 bits per heavy atom. The summed E-state index contributed by atoms with van der Waals surface area (Å²) in [6.07, 6.45) is 7.61. The van der Waals surface area contributed by atoms with E-state index in [1.54, 1.807) is 42.6 Å². The van der Waals surface area contributed by atoms with Crippen LogP contribution in [-0.4, -0.2) is 79.1 Å². The van der Waals surface area contributed by atoms with Crippen LogP contribution in [0, 0.1) is 5.92 Å². The van der Waals surface area contributed by atoms with Gasteiger partial charge in [0.05, 0.1) is 6.61 Å². The largest absolute Gasteiger partial charge is 0.438 e. The quantitative estimate of drug-likeness (QED) is 0.544. The summed E-state index contributed by atoms with van der Waals surface area (Å²) < 4.78 is 11.9. The van der Waals surface area contributed by atoms with E-state index in [0.717, 1.165) is 25.9 Å². The van der Waals surface area contributed by atoms with Crippen molar-refractivity contribution in [3.63, 3.8) is 0 Å². The molecule has 1 atom stereocenters. The monoisotopic (exact) mass is 514 g/mol. The Kier molecular flexibility index (Phi) is 9.55. The number of aromatic nitrogens is 1. The van der Waals surface area contributed by atoms with Gasteiger partial charge >= 0.3 is 0 Å². The van der Waals surface area contributed by atoms with E-state index in [-0.39, 0.29) is 24.0 Å². The first-order valence-electron chi connectivity index (χ1n) is 12.7. The van der Waals surface area contributed by atoms with E-state index in [9.17, 15) is 9.59 Å². The van der Waals surface area contributed by atoms with Crippen molar-refractivity contribution in [3.05, 3.63) is 53.2 Å². The Morgan fingerprint density at radius 3 is 2.53 bits per heavy atom. The number of carbonyl (C=O) groups is 2. The molecular weight excluding hydrogens is 480 g/mol. The first-order valence-corrected chi connectivity index (χ1v) is 13.1. The molecule has 0 bridgehead atoms. The summed E-state index contributed by atoms with van der Waals surface area (Å²) in [5, 5.41) is 3.49. The highest BCUT2D eigenvalue weighted by atomic mass is 35.5. The lowest BCUT2D eigenvalue weighted by molar-refractivity contribution is -0.136. The molecule has 2 amide bonds. The molecule has 1 aliphatic carbocycles. The summed E-state index contributed by atoms with van der Waals surface area (Å²) in [6, 6.07) is 9.33. The van der Waals surface area contributed by atoms with E-state index in [1.807, 2.05) is 11.9 Å². The molecule has 1 aromatic heterocycles. The van der Waals surface area contributed by atoms with Crippen molar-refractivity contribution in [3.8, 4) is 11.6 Å². The second kappa shape index (κ2) is 13.0. The molecule has 1 aromatic carbocycles. The van der Waals surface area contributed by atoms with Gasteiger partial charge in [0.25, 0.3) is 5.91 Å². The molecule has 0 radical (unpaired) electrons. The number of piperazine rings is 1. The molecule has 8 nitrogen and oxygen atoms in total. The molecule has 194 valence electrons. The second-order valence-corrected chi connectivity index (χ2v) is 10.0. The number of nitrogens with one attached hydrogen (secondary N) is 1. The number of benzene rings is 1. The minimum Gasteiger partial charge on any atom is -0.438 e. The highest BCUT2D eigenvalue weighted by Gasteiger charge is 2.30. The topological polar surface area (TPSA) is 84.0 Å². The standard InChI is InChI=1S/C27H35ClN4O4/c1-31-14-16-32(17-15-31)27(34)24(19-35-18-20-6-3-2-4-7-20)30-25(33)23-8-5-13-29-26(23)36-22-11-9-21(28)10-12-22/h5,8-13,20,24H,2-4,6-7,14-19H2,1H3,(H,30,33)/t24-/m1/s1. The fourth-order valence-corrected chi connectivity index (χ4v) is 4.75. The molecule has 9 heteroatoms. The van der Waals surface area contributed by atoms with Crippen molar-refractivity contribution in [2.45, 2.75) is 38.1 Å². The molecule has 2 aromatic rings. The van der Waals surface area contributed by atoms with Gasteiger partial charge in [0.1, 0.15) is 17.4 Å². The Labute approximate surface area is 217 Å². The Morgan fingerprint density at radius 1 is 1.08 bits per heavy atom. The number of amides is 2. The SMILES string of the molecule is CN1CCN(C(=O)[C@@H](COCC2CCCCC2)NC(=O)c2cccnc2Oc2ccc(Cl)cc2)CC1. The van der Waals surface area contributed by atoms with Gasteiger partial charge in [0.2, 0.25) is 11.8 Å². The summed E-state index contributed by atoms with van der Waals surface area (Å²) in [5.74, 6) is 0.635. The molecule has 2 fully saturated rings. The Bertz CT molecular complexity index is 1010. The van der Waals surface area contributed by atoms with Gasteiger partial charge in [0.15, 0.2) is 0 Å². The van der Waals surface area contributed by atoms with Crippen LogP contribution in [0.5, 0.6) is 11.6 Å². The molecule has 0 spiro atoms. The van der Waals surface area contributed by atoms with Gasteiger partial charge in [-0.2, -0.15) is 0 Å². The summed E-state index contributed by atoms with van der Waals surface area (Å²) in [7, 11) is 2.04. The zero-order valence-corrected chi connectivity index (χ0v) is 21.6. The van der Waals surface area contributed by atoms with Crippen molar-refractivity contribution in [1.29, 1.82) is 0 Å². The molecular formula is C27H35ClN4O4. The minimum atomic E-state index is -0.784. The summed E-state index contributed by atoms with van der Waals surface area (Å²) in [5.41, 5.74) is 0.246. The van der Waals surface area contributed by atoms with E-state index in [2.05, 4.69) is 15.2 Å². The van der Waals surface area contributed by atoms with E-state index in [0.29, 0.717) is 36.4 Å². The van der Waals surface area contributed by atoms with Gasteiger partial charge in [-0.3, -0.25) is 9.59 Å². The van der Waals surface area contributed by atoms with Gasteiger partial charge in [-0.15, -0.1) is 0 Å². The number of likely N-dealkylation sites (N-methyl/N-ethyl adjacent to an activating group) is 1. The maximum Gasteiger partial charge on any atom is 0.257 e. The summed E-state index contributed by atoms with van der Waals surface area (Å²) in [4.78, 5) is 35.0. The van der Waals surface area contributed by atoms with Crippen molar-refractivity contribution in [2.75, 3.05) is 46.4 Å². The third-order valence-electron chi connectivity index (χ3n) is 6.83. The van der Waals surface area contributed by atoms with Crippen molar-refractivity contribution in [2.24, 2.45) is 5.92 Å². The lowest BCUT2D eigenvalue weighted by Crippen LogP contribution is -2.55. The van der Waals surface area contributed by atoms with Crippen LogP contribution in [0.4, 0.5) is 0 Å². The molecule has 4 rings (SSSR count). The van der Waals surface area contributed by atoms with Gasteiger partial charge in [-0.25, -0.2) is 4.98 Å². The van der Waals surface area contributed by atoms with Crippen molar-refractivity contribution in [1.82, 2.24) is 20.1 Å². The number of hydrogen-bond donors (Lipinski definition) is 1. The normalized spacial score (nSPS) is 18.0. The number of hydrogen-bond acceptors (Lipinski definition) is 6. The number of halogens is 1. The van der Waals surface area contributed by atoms with Crippen LogP contribution in [0.1, 0.15) is 42.5 Å². The highest BCUT2D eigenvalue weighted by molar-refractivity contribution is 6.30. The predicted octanol–water partition coefficient (Wildman–Crippen LogP) is 4.00. The number of nitrogens with zero attached hydrogens (tertiary/aromatic N) is 3. The molecule has 1 aliphatic heterocycles. The molecule has 36 heavy (non-hydrogen) atoms. The van der Waals surface area contributed by atoms with Gasteiger partial charge in [-0.05, 0) is 62.2 Å². The van der Waals surface area contributed by atoms with Crippen LogP contribution in [-0.2, 0) is 9.53 Å². The smallest absolute Gasteiger partial charge is 0.257 e. The minimum absolute atomic E-state index is 0.121. The molecule has 2 aliphatic rings. The molecule has 1 saturated carbocycles. The van der Waals surface area contributed by atoms with E-state index in [4.69, 9.17) is 21.1 Å². The number of pyridine rings is 1. The number of carbonyl (C=O) groups excluding carboxylic acids is 2. The molecule has 0 unspecified atom stereocenters. The van der Waals surface area contributed by atoms with Crippen molar-refractivity contribution < 1.29 is 19.1 Å². The van der Waals surface area contributed by atoms with Crippen LogP contribution in [0.25, 0.3) is 0 Å². The fourth-order valence-electron chi connectivity index (χ4n) is 4.62. The Hall–Kier alpha value is -2.68. The molecule has 1 saturated heterocycles. The lowest BCUT2D eigenvalue weighted by Gasteiger charge is -2.35. The first kappa shape index (κ1) is 26.4. The Balaban J connectivity index is 1.44. The first-order chi connectivity index (χ1) is 17.5. The second-order valence-electron chi connectivity index (χ2n) is 9.61. The van der Waals surface area contributed by atoms with E-state index < -0.39 is 11.9 Å². The van der Waals surface area contributed by atoms with Crippen LogP contribution in [0.15, 0.2) is 42.6 Å².